The molecule has 624 valence electrons. The summed E-state index contributed by atoms with van der Waals surface area (Å²) >= 11 is 1.39. The van der Waals surface area contributed by atoms with Crippen LogP contribution in [0.25, 0.3) is 11.2 Å². The van der Waals surface area contributed by atoms with Crippen LogP contribution in [-0.2, 0) is 89.1 Å². The average Bonchev–Trinajstić information content (AvgIpc) is 1.72. The number of amides is 9. The number of ether oxygens (including phenoxy) is 3. The molecule has 0 spiro atoms. The van der Waals surface area contributed by atoms with Crippen molar-refractivity contribution < 1.29 is 88.6 Å². The van der Waals surface area contributed by atoms with E-state index < -0.39 is 183 Å². The number of nitrogens with zero attached hydrogens (tertiary/aromatic N) is 5. The number of guanidine groups is 1. The molecule has 39 heteroatoms. The molecular formula is C76H103N17O19S3. The number of aliphatic imine (C=N–C) groups is 1. The predicted octanol–water partition coefficient (Wildman–Crippen LogP) is 0.903. The Morgan fingerprint density at radius 2 is 1.31 bits per heavy atom. The smallest absolute Gasteiger partial charge is 0.362 e. The summed E-state index contributed by atoms with van der Waals surface area (Å²) in [6.07, 6.45) is -3.48. The predicted molar refractivity (Wildman–Crippen MR) is 425 cm³/mol. The van der Waals surface area contributed by atoms with Crippen molar-refractivity contribution in [2.75, 3.05) is 37.4 Å². The first-order chi connectivity index (χ1) is 54.1. The second-order valence-corrected chi connectivity index (χ2v) is 33.9. The van der Waals surface area contributed by atoms with Gasteiger partial charge in [-0.3, -0.25) is 56.9 Å². The molecule has 9 amide bonds. The van der Waals surface area contributed by atoms with Gasteiger partial charge < -0.3 is 78.4 Å². The van der Waals surface area contributed by atoms with E-state index in [1.165, 1.54) is 50.4 Å². The zero-order valence-corrected chi connectivity index (χ0v) is 68.6. The van der Waals surface area contributed by atoms with Gasteiger partial charge in [-0.05, 0) is 140 Å². The first-order valence-electron chi connectivity index (χ1n) is 37.1. The van der Waals surface area contributed by atoms with E-state index in [4.69, 9.17) is 29.9 Å². The minimum absolute atomic E-state index is 0.0117. The molecule has 4 aromatic carbocycles. The average molecular weight is 1650 g/mol. The van der Waals surface area contributed by atoms with Crippen LogP contribution in [0.5, 0.6) is 5.75 Å². The van der Waals surface area contributed by atoms with Gasteiger partial charge in [-0.25, -0.2) is 32.8 Å². The highest BCUT2D eigenvalue weighted by atomic mass is 32.2. The second kappa shape index (κ2) is 38.8. The summed E-state index contributed by atoms with van der Waals surface area (Å²) in [6, 6.07) is 17.2. The summed E-state index contributed by atoms with van der Waals surface area (Å²) in [4.78, 5) is 144. The van der Waals surface area contributed by atoms with Crippen LogP contribution in [0, 0.1) is 26.7 Å². The highest BCUT2D eigenvalue weighted by Gasteiger charge is 2.47. The van der Waals surface area contributed by atoms with Crippen LogP contribution in [0.1, 0.15) is 133 Å². The fraction of sp³-hybridized carbons (Fsp3) is 0.487. The third-order valence-electron chi connectivity index (χ3n) is 19.2. The number of thioether (sulfide) groups is 1. The van der Waals surface area contributed by atoms with Crippen molar-refractivity contribution >= 4 is 109 Å². The molecule has 0 bridgehead atoms. The van der Waals surface area contributed by atoms with Gasteiger partial charge in [-0.1, -0.05) is 105 Å². The molecular weight excluding hydrogens is 1550 g/mol. The quantitative estimate of drug-likeness (QED) is 0.00842. The van der Waals surface area contributed by atoms with E-state index in [0.717, 1.165) is 11.9 Å². The summed E-state index contributed by atoms with van der Waals surface area (Å²) in [5, 5.41) is 42.6. The molecule has 1 fully saturated rings. The topological polar surface area (TPSA) is 528 Å². The van der Waals surface area contributed by atoms with Crippen LogP contribution >= 0.6 is 11.8 Å². The third kappa shape index (κ3) is 23.0. The molecule has 2 aromatic heterocycles. The van der Waals surface area contributed by atoms with Crippen LogP contribution in [0.2, 0.25) is 0 Å². The number of sulfonamides is 1. The van der Waals surface area contributed by atoms with E-state index in [1.807, 2.05) is 13.8 Å². The first kappa shape index (κ1) is 90.1. The lowest BCUT2D eigenvalue weighted by molar-refractivity contribution is -0.139. The molecule has 16 N–H and O–H groups in total. The molecule has 6 aromatic rings. The Morgan fingerprint density at radius 1 is 0.722 bits per heavy atom. The highest BCUT2D eigenvalue weighted by Crippen LogP contribution is 2.44. The first-order valence-corrected chi connectivity index (χ1v) is 41.3. The maximum absolute atomic E-state index is 15.1. The number of hydrogen-bond donors (Lipinski definition) is 14. The van der Waals surface area contributed by atoms with Crippen LogP contribution in [0.4, 0.5) is 5.82 Å². The highest BCUT2D eigenvalue weighted by molar-refractivity contribution is 7.98. The van der Waals surface area contributed by atoms with Gasteiger partial charge in [0.25, 0.3) is 15.9 Å². The van der Waals surface area contributed by atoms with E-state index >= 15 is 4.79 Å². The maximum atomic E-state index is 15.1. The molecule has 4 heterocycles. The molecule has 0 saturated carbocycles. The van der Waals surface area contributed by atoms with Gasteiger partial charge in [0.15, 0.2) is 17.7 Å². The minimum Gasteiger partial charge on any atom is -0.487 e. The van der Waals surface area contributed by atoms with Crippen molar-refractivity contribution in [3.8, 4) is 5.75 Å². The molecule has 1 saturated heterocycles. The number of rotatable bonds is 38. The lowest BCUT2D eigenvalue weighted by Gasteiger charge is -2.37. The van der Waals surface area contributed by atoms with Gasteiger partial charge in [0.05, 0.1) is 42.5 Å². The number of hydrogen-bond acceptors (Lipinski definition) is 25. The van der Waals surface area contributed by atoms with E-state index in [1.54, 1.807) is 144 Å². The van der Waals surface area contributed by atoms with Crippen molar-refractivity contribution in [3.05, 3.63) is 143 Å². The number of nitrogens with one attached hydrogen (secondary N) is 10. The monoisotopic (exact) mass is 1650 g/mol. The number of carbonyl (C=O) groups excluding carboxylic acids is 9. The summed E-state index contributed by atoms with van der Waals surface area (Å²) in [5.74, 6) is -8.50. The summed E-state index contributed by atoms with van der Waals surface area (Å²) in [7, 11) is -9.40. The molecule has 0 unspecified atom stereocenters. The Hall–Kier alpha value is -10.4. The van der Waals surface area contributed by atoms with Crippen LogP contribution in [-0.4, -0.2) is 210 Å². The van der Waals surface area contributed by atoms with Gasteiger partial charge >= 0.3 is 10.3 Å². The van der Waals surface area contributed by atoms with Crippen molar-refractivity contribution in [2.24, 2.45) is 16.6 Å². The summed E-state index contributed by atoms with van der Waals surface area (Å²) in [6.45, 7) is 17.4. The Balaban J connectivity index is 1.00. The Bertz CT molecular complexity index is 4670. The van der Waals surface area contributed by atoms with Gasteiger partial charge in [-0.2, -0.15) is 20.2 Å². The fourth-order valence-electron chi connectivity index (χ4n) is 13.5. The van der Waals surface area contributed by atoms with Crippen LogP contribution < -0.4 is 68.2 Å². The number of nitrogens with two attached hydrogens (primary N) is 2. The van der Waals surface area contributed by atoms with Crippen LogP contribution in [0.3, 0.4) is 0 Å². The standard InChI is InChI=1S/C76H103N17O19S3/c1-41(2)57(71(104)91-115(107,108)109-37-54-60(97)61(98)72(110-54)93-39-83-59-64(77)81-38-82-65(59)93)88-66(99)45(6)85-69(102)53(34-55(95)90-76(47-24-17-14-18-25-47,48-26-19-15-20-27-48)49-28-21-16-22-29-49)86-56(96)36-80-70(103)58(46(7)111-74(8,9)10)89-68(101)52(87-67(100)51(84-40-94)31-33-113-13)30-23-32-79-73(78)92-114(105,106)63-43(4)42(3)62-50(44(63)5)35-75(11,12)112-62/h14-22,24-29,38-41,45-46,51-54,57-58,60-61,72,97-98H,23,30-37H2,1-13H3,(H,80,103)(H,84,94)(H,85,102)(H,86,96)(H,87,100)(H,88,99)(H,89,101)(H,90,95)(H,91,104)(H2,77,81,82)(H3,78,79,92)/t45-,46+,51-,52-,53-,54+,57-,58-,60+,61+,72+/m0/s1. The Kier molecular flexibility index (Phi) is 30.4. The summed E-state index contributed by atoms with van der Waals surface area (Å²) < 4.78 is 83.3. The Labute approximate surface area is 671 Å². The lowest BCUT2D eigenvalue weighted by atomic mass is 9.77. The Morgan fingerprint density at radius 3 is 1.90 bits per heavy atom. The normalized spacial score (nSPS) is 18.0. The number of aliphatic hydroxyl groups excluding tert-OH is 2. The maximum Gasteiger partial charge on any atom is 0.362 e. The molecule has 8 rings (SSSR count). The van der Waals surface area contributed by atoms with E-state index in [-0.39, 0.29) is 47.7 Å². The van der Waals surface area contributed by atoms with Crippen molar-refractivity contribution in [2.45, 2.75) is 204 Å². The number of benzene rings is 4. The largest absolute Gasteiger partial charge is 0.487 e. The molecule has 0 radical (unpaired) electrons. The molecule has 36 nitrogen and oxygen atoms in total. The molecule has 115 heavy (non-hydrogen) atoms. The van der Waals surface area contributed by atoms with Crippen molar-refractivity contribution in [1.82, 2.24) is 71.5 Å². The number of aliphatic hydroxyl groups is 2. The second-order valence-electron chi connectivity index (χ2n) is 29.9. The number of fused-ring (bicyclic) bond motifs is 2. The lowest BCUT2D eigenvalue weighted by Crippen LogP contribution is -2.60. The SMILES string of the molecule is CSCC[C@H](NC=O)C(=O)N[C@@H](CCCN=C(N)NS(=O)(=O)c1c(C)c(C)c2c(c1C)CC(C)(C)O2)C(=O)N[C@H](C(=O)NCC(=O)N[C@@H](CC(=O)NC(c1ccccc1)(c1ccccc1)c1ccccc1)C(=O)N[C@@H](C)C(=O)N[C@H](C(=O)NS(=O)(=O)OC[C@H]1O[C@@H](n2cnc3c(N)ncnc32)[C@H](O)[C@@H]1O)C(C)C)[C@@H](C)OC(C)(C)C. The van der Waals surface area contributed by atoms with Crippen LogP contribution in [0.15, 0.2) is 114 Å². The minimum atomic E-state index is -5.07. The zero-order valence-electron chi connectivity index (χ0n) is 66.1. The van der Waals surface area contributed by atoms with Gasteiger partial charge in [0.2, 0.25) is 53.7 Å². The molecule has 2 aliphatic rings. The van der Waals surface area contributed by atoms with Gasteiger partial charge in [0.1, 0.15) is 83.3 Å². The number of anilines is 1. The molecule has 2 aliphatic heterocycles. The van der Waals surface area contributed by atoms with Gasteiger partial charge in [0, 0.05) is 18.5 Å². The van der Waals surface area contributed by atoms with Crippen molar-refractivity contribution in [3.63, 3.8) is 0 Å². The number of aromatic nitrogens is 4. The van der Waals surface area contributed by atoms with Crippen molar-refractivity contribution in [1.29, 1.82) is 0 Å². The number of nitrogen functional groups attached to an aromatic ring is 1. The molecule has 11 atom stereocenters. The van der Waals surface area contributed by atoms with Gasteiger partial charge in [-0.15, -0.1) is 0 Å². The zero-order chi connectivity index (χ0) is 84.7. The van der Waals surface area contributed by atoms with E-state index in [9.17, 15) is 65.4 Å². The fourth-order valence-corrected chi connectivity index (χ4v) is 16.2. The number of imidazole rings is 1. The van der Waals surface area contributed by atoms with E-state index in [0.29, 0.717) is 57.7 Å². The van der Waals surface area contributed by atoms with E-state index in [2.05, 4.69) is 67.2 Å². The third-order valence-corrected chi connectivity index (χ3v) is 22.3. The number of carbonyl (C=O) groups is 9. The molecule has 0 aliphatic carbocycles. The summed E-state index contributed by atoms with van der Waals surface area (Å²) in [5.41, 5.74) is 13.5.